The molecule has 1 fully saturated rings. The first-order valence-electron chi connectivity index (χ1n) is 7.82. The van der Waals surface area contributed by atoms with Gasteiger partial charge in [-0.15, -0.1) is 0 Å². The molecule has 0 unspecified atom stereocenters. The van der Waals surface area contributed by atoms with E-state index in [4.69, 9.17) is 0 Å². The molecule has 2 rings (SSSR count). The van der Waals surface area contributed by atoms with Gasteiger partial charge in [-0.1, -0.05) is 44.9 Å². The van der Waals surface area contributed by atoms with Gasteiger partial charge in [0.2, 0.25) is 0 Å². The van der Waals surface area contributed by atoms with E-state index in [0.717, 1.165) is 18.4 Å². The molecule has 120 valence electrons. The average Bonchev–Trinajstić information content (AvgIpc) is 2.92. The van der Waals surface area contributed by atoms with Gasteiger partial charge in [-0.25, -0.2) is 0 Å². The summed E-state index contributed by atoms with van der Waals surface area (Å²) < 4.78 is 0. The first kappa shape index (κ1) is 16.5. The average molecular weight is 304 g/mol. The number of anilines is 1. The van der Waals surface area contributed by atoms with Crippen LogP contribution in [0.1, 0.15) is 51.0 Å². The van der Waals surface area contributed by atoms with Crippen molar-refractivity contribution in [2.24, 2.45) is 0 Å². The maximum absolute atomic E-state index is 12.0. The number of aliphatic hydroxyl groups is 1. The first-order valence-corrected chi connectivity index (χ1v) is 7.82. The Hall–Kier alpha value is -1.88. The third-order valence-corrected chi connectivity index (χ3v) is 4.15. The van der Waals surface area contributed by atoms with Gasteiger partial charge in [0.1, 0.15) is 0 Å². The fourth-order valence-electron chi connectivity index (χ4n) is 2.83. The molecule has 22 heavy (non-hydrogen) atoms. The second-order valence-corrected chi connectivity index (χ2v) is 6.31. The predicted molar refractivity (Wildman–Crippen MR) is 85.6 cm³/mol. The lowest BCUT2D eigenvalue weighted by molar-refractivity contribution is -0.136. The minimum atomic E-state index is -0.855. The van der Waals surface area contributed by atoms with Crippen LogP contribution >= 0.6 is 0 Å². The molecule has 0 aromatic heterocycles. The van der Waals surface area contributed by atoms with Crippen molar-refractivity contribution in [1.29, 1.82) is 0 Å². The van der Waals surface area contributed by atoms with Gasteiger partial charge in [-0.2, -0.15) is 0 Å². The molecule has 0 aliphatic heterocycles. The number of hydrogen-bond donors (Lipinski definition) is 3. The Bertz CT molecular complexity index is 549. The first-order chi connectivity index (χ1) is 10.4. The summed E-state index contributed by atoms with van der Waals surface area (Å²) in [6, 6.07) is 7.44. The van der Waals surface area contributed by atoms with E-state index in [1.165, 1.54) is 0 Å². The van der Waals surface area contributed by atoms with Crippen LogP contribution < -0.4 is 10.6 Å². The van der Waals surface area contributed by atoms with Crippen molar-refractivity contribution in [2.75, 3.05) is 11.9 Å². The van der Waals surface area contributed by atoms with E-state index in [2.05, 4.69) is 10.6 Å². The Labute approximate surface area is 131 Å². The molecule has 1 aliphatic carbocycles. The zero-order valence-electron chi connectivity index (χ0n) is 13.2. The van der Waals surface area contributed by atoms with E-state index in [9.17, 15) is 14.7 Å². The summed E-state index contributed by atoms with van der Waals surface area (Å²) in [7, 11) is 0. The maximum atomic E-state index is 12.0. The van der Waals surface area contributed by atoms with Gasteiger partial charge in [0.15, 0.2) is 0 Å². The number of hydrogen-bond acceptors (Lipinski definition) is 3. The highest BCUT2D eigenvalue weighted by Gasteiger charge is 2.32. The van der Waals surface area contributed by atoms with Crippen molar-refractivity contribution in [1.82, 2.24) is 5.32 Å². The topological polar surface area (TPSA) is 78.4 Å². The summed E-state index contributed by atoms with van der Waals surface area (Å²) >= 11 is 0. The summed E-state index contributed by atoms with van der Waals surface area (Å²) in [4.78, 5) is 23.9. The number of nitrogens with one attached hydrogen (secondary N) is 2. The number of benzene rings is 1. The van der Waals surface area contributed by atoms with E-state index in [1.54, 1.807) is 6.07 Å². The van der Waals surface area contributed by atoms with Crippen molar-refractivity contribution in [3.8, 4) is 0 Å². The third-order valence-electron chi connectivity index (χ3n) is 4.15. The third kappa shape index (κ3) is 4.07. The van der Waals surface area contributed by atoms with Crippen LogP contribution in [0.5, 0.6) is 0 Å². The molecular weight excluding hydrogens is 280 g/mol. The Balaban J connectivity index is 1.93. The number of carbonyl (C=O) groups excluding carboxylic acids is 2. The predicted octanol–water partition coefficient (Wildman–Crippen LogP) is 2.17. The summed E-state index contributed by atoms with van der Waals surface area (Å²) in [5.41, 5.74) is 0.779. The SMILES string of the molecule is CC(C)c1ccccc1NC(=O)C(=O)NCC1(O)CCCC1. The molecule has 5 nitrogen and oxygen atoms in total. The van der Waals surface area contributed by atoms with Gasteiger partial charge in [0, 0.05) is 12.2 Å². The summed E-state index contributed by atoms with van der Waals surface area (Å²) in [5.74, 6) is -1.16. The van der Waals surface area contributed by atoms with E-state index in [-0.39, 0.29) is 12.5 Å². The Kier molecular flexibility index (Phi) is 5.19. The maximum Gasteiger partial charge on any atom is 0.313 e. The van der Waals surface area contributed by atoms with Crippen LogP contribution in [0.3, 0.4) is 0 Å². The normalized spacial score (nSPS) is 16.5. The van der Waals surface area contributed by atoms with Crippen LogP contribution in [0.2, 0.25) is 0 Å². The molecule has 0 atom stereocenters. The Morgan fingerprint density at radius 1 is 1.18 bits per heavy atom. The second kappa shape index (κ2) is 6.92. The molecular formula is C17H24N2O3. The summed E-state index contributed by atoms with van der Waals surface area (Å²) in [6.45, 7) is 4.19. The summed E-state index contributed by atoms with van der Waals surface area (Å²) in [6.07, 6.45) is 3.26. The Morgan fingerprint density at radius 3 is 2.45 bits per heavy atom. The molecule has 1 aromatic carbocycles. The van der Waals surface area contributed by atoms with Crippen LogP contribution in [0.15, 0.2) is 24.3 Å². The molecule has 5 heteroatoms. The van der Waals surface area contributed by atoms with Crippen molar-refractivity contribution in [2.45, 2.75) is 51.0 Å². The molecule has 1 aliphatic rings. The standard InChI is InChI=1S/C17H24N2O3/c1-12(2)13-7-3-4-8-14(13)19-16(21)15(20)18-11-17(22)9-5-6-10-17/h3-4,7-8,12,22H,5-6,9-11H2,1-2H3,(H,18,20)(H,19,21). The van der Waals surface area contributed by atoms with E-state index in [0.29, 0.717) is 18.5 Å². The monoisotopic (exact) mass is 304 g/mol. The van der Waals surface area contributed by atoms with E-state index in [1.807, 2.05) is 32.0 Å². The molecule has 0 saturated heterocycles. The zero-order valence-corrected chi connectivity index (χ0v) is 13.2. The number of carbonyl (C=O) groups is 2. The number of para-hydroxylation sites is 1. The van der Waals surface area contributed by atoms with Crippen molar-refractivity contribution >= 4 is 17.5 Å². The quantitative estimate of drug-likeness (QED) is 0.746. The summed E-state index contributed by atoms with van der Waals surface area (Å²) in [5, 5.41) is 15.4. The Morgan fingerprint density at radius 2 is 1.82 bits per heavy atom. The molecule has 0 heterocycles. The van der Waals surface area contributed by atoms with Crippen molar-refractivity contribution < 1.29 is 14.7 Å². The van der Waals surface area contributed by atoms with Crippen LogP contribution in [-0.2, 0) is 9.59 Å². The highest BCUT2D eigenvalue weighted by atomic mass is 16.3. The van der Waals surface area contributed by atoms with Gasteiger partial charge in [-0.3, -0.25) is 9.59 Å². The molecule has 2 amide bonds. The van der Waals surface area contributed by atoms with Gasteiger partial charge in [-0.05, 0) is 30.4 Å². The largest absolute Gasteiger partial charge is 0.388 e. The minimum Gasteiger partial charge on any atom is -0.388 e. The molecule has 1 aromatic rings. The van der Waals surface area contributed by atoms with Gasteiger partial charge in [0.25, 0.3) is 0 Å². The van der Waals surface area contributed by atoms with E-state index >= 15 is 0 Å². The van der Waals surface area contributed by atoms with Crippen molar-refractivity contribution in [3.05, 3.63) is 29.8 Å². The van der Waals surface area contributed by atoms with Crippen molar-refractivity contribution in [3.63, 3.8) is 0 Å². The molecule has 3 N–H and O–H groups in total. The van der Waals surface area contributed by atoms with Gasteiger partial charge < -0.3 is 15.7 Å². The van der Waals surface area contributed by atoms with Crippen LogP contribution in [0.25, 0.3) is 0 Å². The minimum absolute atomic E-state index is 0.130. The fraction of sp³-hybridized carbons (Fsp3) is 0.529. The lowest BCUT2D eigenvalue weighted by atomic mass is 10.0. The molecule has 0 spiro atoms. The van der Waals surface area contributed by atoms with Crippen LogP contribution in [0.4, 0.5) is 5.69 Å². The number of rotatable bonds is 4. The second-order valence-electron chi connectivity index (χ2n) is 6.31. The molecule has 0 bridgehead atoms. The zero-order chi connectivity index (χ0) is 16.2. The lowest BCUT2D eigenvalue weighted by Crippen LogP contribution is -2.44. The lowest BCUT2D eigenvalue weighted by Gasteiger charge is -2.22. The molecule has 1 saturated carbocycles. The van der Waals surface area contributed by atoms with Gasteiger partial charge >= 0.3 is 11.8 Å². The van der Waals surface area contributed by atoms with Crippen LogP contribution in [-0.4, -0.2) is 29.1 Å². The van der Waals surface area contributed by atoms with Crippen LogP contribution in [0, 0.1) is 0 Å². The number of amides is 2. The highest BCUT2D eigenvalue weighted by molar-refractivity contribution is 6.39. The molecule has 0 radical (unpaired) electrons. The highest BCUT2D eigenvalue weighted by Crippen LogP contribution is 2.28. The smallest absolute Gasteiger partial charge is 0.313 e. The van der Waals surface area contributed by atoms with E-state index < -0.39 is 17.4 Å². The van der Waals surface area contributed by atoms with Gasteiger partial charge in [0.05, 0.1) is 5.60 Å². The fourth-order valence-corrected chi connectivity index (χ4v) is 2.83.